The first kappa shape index (κ1) is 18.0. The fourth-order valence-electron chi connectivity index (χ4n) is 2.17. The topological polar surface area (TPSA) is 69.4 Å². The summed E-state index contributed by atoms with van der Waals surface area (Å²) in [7, 11) is -3.11. The van der Waals surface area contributed by atoms with Gasteiger partial charge in [0.15, 0.2) is 9.84 Å². The van der Waals surface area contributed by atoms with Crippen LogP contribution in [0.15, 0.2) is 18.2 Å². The van der Waals surface area contributed by atoms with Crippen LogP contribution in [0.5, 0.6) is 5.75 Å². The lowest BCUT2D eigenvalue weighted by Gasteiger charge is -2.14. The molecule has 0 aromatic heterocycles. The fourth-order valence-corrected chi connectivity index (χ4v) is 3.66. The summed E-state index contributed by atoms with van der Waals surface area (Å²) in [5, 5.41) is 0. The molecule has 1 rings (SSSR count). The van der Waals surface area contributed by atoms with E-state index in [0.717, 1.165) is 24.8 Å². The van der Waals surface area contributed by atoms with Crippen molar-refractivity contribution in [1.29, 1.82) is 0 Å². The molecule has 5 heteroatoms. The number of hydrogen-bond donors (Lipinski definition) is 1. The van der Waals surface area contributed by atoms with Crippen molar-refractivity contribution >= 4 is 9.84 Å². The van der Waals surface area contributed by atoms with E-state index in [1.165, 1.54) is 0 Å². The first-order valence-corrected chi connectivity index (χ1v) is 9.43. The number of nitrogens with two attached hydrogens (primary N) is 1. The van der Waals surface area contributed by atoms with Gasteiger partial charge in [0.05, 0.1) is 18.1 Å². The van der Waals surface area contributed by atoms with Gasteiger partial charge in [-0.2, -0.15) is 0 Å². The highest BCUT2D eigenvalue weighted by atomic mass is 32.2. The van der Waals surface area contributed by atoms with Crippen molar-refractivity contribution in [2.45, 2.75) is 51.8 Å². The second-order valence-corrected chi connectivity index (χ2v) is 7.57. The van der Waals surface area contributed by atoms with Crippen molar-refractivity contribution < 1.29 is 13.2 Å². The van der Waals surface area contributed by atoms with Gasteiger partial charge in [0.2, 0.25) is 0 Å². The number of rotatable bonds is 9. The number of sulfone groups is 1. The van der Waals surface area contributed by atoms with Crippen LogP contribution in [0.25, 0.3) is 0 Å². The van der Waals surface area contributed by atoms with Crippen LogP contribution in [0.2, 0.25) is 0 Å². The molecule has 2 N–H and O–H groups in total. The van der Waals surface area contributed by atoms with Crippen LogP contribution in [-0.2, 0) is 15.6 Å². The van der Waals surface area contributed by atoms with Gasteiger partial charge in [0.1, 0.15) is 5.75 Å². The molecule has 0 aliphatic heterocycles. The monoisotopic (exact) mass is 313 g/mol. The van der Waals surface area contributed by atoms with Crippen molar-refractivity contribution in [2.24, 2.45) is 5.73 Å². The standard InChI is InChI=1S/C16H27NO3S/c1-4-6-7-10-21(18,19)12-15-11-14(13(3)17)8-9-16(15)20-5-2/h8-9,11,13H,4-7,10,12,17H2,1-3H3. The van der Waals surface area contributed by atoms with E-state index in [0.29, 0.717) is 17.9 Å². The minimum atomic E-state index is -3.11. The summed E-state index contributed by atoms with van der Waals surface area (Å²) >= 11 is 0. The van der Waals surface area contributed by atoms with Gasteiger partial charge in [-0.1, -0.05) is 25.8 Å². The third-order valence-electron chi connectivity index (χ3n) is 3.34. The fraction of sp³-hybridized carbons (Fsp3) is 0.625. The predicted molar refractivity (Wildman–Crippen MR) is 87.2 cm³/mol. The molecular formula is C16H27NO3S. The van der Waals surface area contributed by atoms with Crippen LogP contribution in [-0.4, -0.2) is 20.8 Å². The molecule has 0 aliphatic rings. The summed E-state index contributed by atoms with van der Waals surface area (Å²) in [6, 6.07) is 5.44. The van der Waals surface area contributed by atoms with Crippen LogP contribution < -0.4 is 10.5 Å². The first-order chi connectivity index (χ1) is 9.89. The Balaban J connectivity index is 2.95. The van der Waals surface area contributed by atoms with Crippen molar-refractivity contribution in [2.75, 3.05) is 12.4 Å². The van der Waals surface area contributed by atoms with Gasteiger partial charge in [-0.05, 0) is 38.0 Å². The third-order valence-corrected chi connectivity index (χ3v) is 5.01. The van der Waals surface area contributed by atoms with E-state index in [1.807, 2.05) is 32.0 Å². The van der Waals surface area contributed by atoms with Crippen LogP contribution in [0.4, 0.5) is 0 Å². The maximum Gasteiger partial charge on any atom is 0.154 e. The van der Waals surface area contributed by atoms with E-state index in [2.05, 4.69) is 6.92 Å². The van der Waals surface area contributed by atoms with Gasteiger partial charge in [0, 0.05) is 11.6 Å². The molecule has 0 bridgehead atoms. The molecule has 0 amide bonds. The average molecular weight is 313 g/mol. The summed E-state index contributed by atoms with van der Waals surface area (Å²) in [5.74, 6) is 0.891. The number of benzene rings is 1. The van der Waals surface area contributed by atoms with Crippen molar-refractivity contribution in [3.05, 3.63) is 29.3 Å². The highest BCUT2D eigenvalue weighted by Gasteiger charge is 2.16. The lowest BCUT2D eigenvalue weighted by atomic mass is 10.1. The van der Waals surface area contributed by atoms with E-state index >= 15 is 0 Å². The minimum absolute atomic E-state index is 0.0204. The van der Waals surface area contributed by atoms with Crippen LogP contribution in [0.3, 0.4) is 0 Å². The molecule has 0 heterocycles. The third kappa shape index (κ3) is 6.06. The average Bonchev–Trinajstić information content (AvgIpc) is 2.40. The second-order valence-electron chi connectivity index (χ2n) is 5.39. The van der Waals surface area contributed by atoms with Gasteiger partial charge < -0.3 is 10.5 Å². The van der Waals surface area contributed by atoms with Gasteiger partial charge >= 0.3 is 0 Å². The summed E-state index contributed by atoms with van der Waals surface area (Å²) in [4.78, 5) is 0. The summed E-state index contributed by atoms with van der Waals surface area (Å²) in [5.41, 5.74) is 7.52. The quantitative estimate of drug-likeness (QED) is 0.711. The normalized spacial score (nSPS) is 13.1. The lowest BCUT2D eigenvalue weighted by molar-refractivity contribution is 0.337. The molecule has 0 aliphatic carbocycles. The Morgan fingerprint density at radius 1 is 1.24 bits per heavy atom. The van der Waals surface area contributed by atoms with Crippen molar-refractivity contribution in [3.8, 4) is 5.75 Å². The molecule has 21 heavy (non-hydrogen) atoms. The molecule has 0 spiro atoms. The molecule has 0 saturated carbocycles. The molecule has 0 saturated heterocycles. The predicted octanol–water partition coefficient (Wildman–Crippen LogP) is 3.21. The molecule has 1 unspecified atom stereocenters. The number of ether oxygens (including phenoxy) is 1. The van der Waals surface area contributed by atoms with Gasteiger partial charge in [-0.3, -0.25) is 0 Å². The van der Waals surface area contributed by atoms with E-state index in [4.69, 9.17) is 10.5 Å². The molecule has 120 valence electrons. The van der Waals surface area contributed by atoms with Crippen molar-refractivity contribution in [1.82, 2.24) is 0 Å². The number of hydrogen-bond acceptors (Lipinski definition) is 4. The molecular weight excluding hydrogens is 286 g/mol. The zero-order chi connectivity index (χ0) is 15.9. The van der Waals surface area contributed by atoms with E-state index < -0.39 is 9.84 Å². The van der Waals surface area contributed by atoms with Gasteiger partial charge in [-0.15, -0.1) is 0 Å². The van der Waals surface area contributed by atoms with E-state index in [1.54, 1.807) is 0 Å². The summed E-state index contributed by atoms with van der Waals surface area (Å²) in [6.07, 6.45) is 2.67. The van der Waals surface area contributed by atoms with Crippen LogP contribution >= 0.6 is 0 Å². The Morgan fingerprint density at radius 3 is 2.52 bits per heavy atom. The summed E-state index contributed by atoms with van der Waals surface area (Å²) < 4.78 is 30.0. The number of unbranched alkanes of at least 4 members (excludes halogenated alkanes) is 2. The van der Waals surface area contributed by atoms with E-state index in [9.17, 15) is 8.42 Å². The minimum Gasteiger partial charge on any atom is -0.494 e. The highest BCUT2D eigenvalue weighted by molar-refractivity contribution is 7.90. The Morgan fingerprint density at radius 2 is 1.95 bits per heavy atom. The lowest BCUT2D eigenvalue weighted by Crippen LogP contribution is -2.12. The Hall–Kier alpha value is -1.07. The zero-order valence-corrected chi connectivity index (χ0v) is 14.1. The maximum absolute atomic E-state index is 12.2. The van der Waals surface area contributed by atoms with Crippen molar-refractivity contribution in [3.63, 3.8) is 0 Å². The summed E-state index contributed by atoms with van der Waals surface area (Å²) in [6.45, 7) is 6.35. The Kier molecular flexibility index (Phi) is 7.18. The SMILES string of the molecule is CCCCCS(=O)(=O)Cc1cc(C(C)N)ccc1OCC. The highest BCUT2D eigenvalue weighted by Crippen LogP contribution is 2.25. The largest absolute Gasteiger partial charge is 0.494 e. The molecule has 0 fully saturated rings. The Labute approximate surface area is 128 Å². The zero-order valence-electron chi connectivity index (χ0n) is 13.3. The van der Waals surface area contributed by atoms with Gasteiger partial charge in [-0.25, -0.2) is 8.42 Å². The molecule has 1 aromatic carbocycles. The molecule has 4 nitrogen and oxygen atoms in total. The molecule has 1 aromatic rings. The smallest absolute Gasteiger partial charge is 0.154 e. The van der Waals surface area contributed by atoms with E-state index in [-0.39, 0.29) is 17.5 Å². The van der Waals surface area contributed by atoms with Crippen LogP contribution in [0.1, 0.15) is 57.2 Å². The Bertz CT molecular complexity index is 538. The second kappa shape index (κ2) is 8.39. The maximum atomic E-state index is 12.2. The molecule has 1 atom stereocenters. The van der Waals surface area contributed by atoms with Gasteiger partial charge in [0.25, 0.3) is 0 Å². The molecule has 0 radical (unpaired) electrons. The van der Waals surface area contributed by atoms with Crippen LogP contribution in [0, 0.1) is 0 Å². The first-order valence-electron chi connectivity index (χ1n) is 7.61.